The van der Waals surface area contributed by atoms with Crippen molar-refractivity contribution in [3.05, 3.63) is 70.4 Å². The van der Waals surface area contributed by atoms with Crippen LogP contribution in [0.3, 0.4) is 0 Å². The summed E-state index contributed by atoms with van der Waals surface area (Å²) in [4.78, 5) is 15.3. The van der Waals surface area contributed by atoms with E-state index in [1.54, 1.807) is 24.3 Å². The Labute approximate surface area is 134 Å². The number of carbonyl (C=O) groups is 1. The van der Waals surface area contributed by atoms with Crippen LogP contribution in [0.5, 0.6) is 0 Å². The number of benzene rings is 2. The standard InChI is InChI=1S/C18H17ClN2O/c1-12-3-2-4-16-14(11-21-17(12)16)9-10-20-18(22)13-5-7-15(19)8-6-13/h2-8,11,21H,9-10H2,1H3,(H,20,22). The maximum atomic E-state index is 12.0. The molecule has 0 radical (unpaired) electrons. The number of aromatic nitrogens is 1. The highest BCUT2D eigenvalue weighted by Gasteiger charge is 2.07. The number of fused-ring (bicyclic) bond motifs is 1. The lowest BCUT2D eigenvalue weighted by Crippen LogP contribution is -2.25. The van der Waals surface area contributed by atoms with Crippen molar-refractivity contribution < 1.29 is 4.79 Å². The van der Waals surface area contributed by atoms with E-state index < -0.39 is 0 Å². The molecule has 0 unspecified atom stereocenters. The molecule has 3 nitrogen and oxygen atoms in total. The number of hydrogen-bond donors (Lipinski definition) is 2. The predicted octanol–water partition coefficient (Wildman–Crippen LogP) is 4.10. The Kier molecular flexibility index (Phi) is 4.16. The third-order valence-corrected chi connectivity index (χ3v) is 4.05. The van der Waals surface area contributed by atoms with E-state index in [1.165, 1.54) is 22.0 Å². The van der Waals surface area contributed by atoms with E-state index in [9.17, 15) is 4.79 Å². The van der Waals surface area contributed by atoms with Crippen LogP contribution >= 0.6 is 11.6 Å². The third kappa shape index (κ3) is 3.00. The fraction of sp³-hybridized carbons (Fsp3) is 0.167. The summed E-state index contributed by atoms with van der Waals surface area (Å²) < 4.78 is 0. The maximum Gasteiger partial charge on any atom is 0.251 e. The van der Waals surface area contributed by atoms with Gasteiger partial charge in [-0.2, -0.15) is 0 Å². The molecule has 0 saturated carbocycles. The van der Waals surface area contributed by atoms with E-state index in [0.717, 1.165) is 6.42 Å². The van der Waals surface area contributed by atoms with Gasteiger partial charge in [0.2, 0.25) is 0 Å². The normalized spacial score (nSPS) is 10.8. The van der Waals surface area contributed by atoms with Crippen molar-refractivity contribution in [1.82, 2.24) is 10.3 Å². The first kappa shape index (κ1) is 14.7. The zero-order valence-electron chi connectivity index (χ0n) is 12.3. The molecule has 4 heteroatoms. The van der Waals surface area contributed by atoms with Crippen LogP contribution in [0.1, 0.15) is 21.5 Å². The molecule has 2 N–H and O–H groups in total. The number of carbonyl (C=O) groups excluding carboxylic acids is 1. The van der Waals surface area contributed by atoms with Gasteiger partial charge in [0.05, 0.1) is 0 Å². The van der Waals surface area contributed by atoms with Gasteiger partial charge in [0.1, 0.15) is 0 Å². The number of hydrogen-bond acceptors (Lipinski definition) is 1. The van der Waals surface area contributed by atoms with Crippen molar-refractivity contribution in [2.24, 2.45) is 0 Å². The van der Waals surface area contributed by atoms with Gasteiger partial charge in [-0.15, -0.1) is 0 Å². The summed E-state index contributed by atoms with van der Waals surface area (Å²) in [5, 5.41) is 4.79. The molecule has 0 bridgehead atoms. The molecule has 1 aromatic heterocycles. The molecule has 3 rings (SSSR count). The van der Waals surface area contributed by atoms with Crippen LogP contribution < -0.4 is 5.32 Å². The highest BCUT2D eigenvalue weighted by atomic mass is 35.5. The molecular formula is C18H17ClN2O. The minimum Gasteiger partial charge on any atom is -0.361 e. The minimum absolute atomic E-state index is 0.0762. The number of aromatic amines is 1. The number of rotatable bonds is 4. The summed E-state index contributed by atoms with van der Waals surface area (Å²) in [5.41, 5.74) is 4.24. The number of nitrogens with one attached hydrogen (secondary N) is 2. The van der Waals surface area contributed by atoms with Crippen LogP contribution in [0.25, 0.3) is 10.9 Å². The largest absolute Gasteiger partial charge is 0.361 e. The summed E-state index contributed by atoms with van der Waals surface area (Å²) in [6.07, 6.45) is 2.81. The Morgan fingerprint density at radius 2 is 1.95 bits per heavy atom. The summed E-state index contributed by atoms with van der Waals surface area (Å²) in [6, 6.07) is 13.2. The molecule has 0 fully saturated rings. The molecule has 112 valence electrons. The minimum atomic E-state index is -0.0762. The Morgan fingerprint density at radius 3 is 2.73 bits per heavy atom. The first-order valence-electron chi connectivity index (χ1n) is 7.24. The van der Waals surface area contributed by atoms with Crippen molar-refractivity contribution >= 4 is 28.4 Å². The maximum absolute atomic E-state index is 12.0. The average molecular weight is 313 g/mol. The Morgan fingerprint density at radius 1 is 1.18 bits per heavy atom. The van der Waals surface area contributed by atoms with Crippen LogP contribution in [0, 0.1) is 6.92 Å². The lowest BCUT2D eigenvalue weighted by molar-refractivity contribution is 0.0954. The van der Waals surface area contributed by atoms with Crippen molar-refractivity contribution in [3.63, 3.8) is 0 Å². The van der Waals surface area contributed by atoms with Gasteiger partial charge >= 0.3 is 0 Å². The molecular weight excluding hydrogens is 296 g/mol. The SMILES string of the molecule is Cc1cccc2c(CCNC(=O)c3ccc(Cl)cc3)c[nH]c12. The van der Waals surface area contributed by atoms with Crippen LogP contribution in [-0.4, -0.2) is 17.4 Å². The predicted molar refractivity (Wildman–Crippen MR) is 90.5 cm³/mol. The van der Waals surface area contributed by atoms with Gasteiger partial charge in [-0.05, 0) is 48.7 Å². The van der Waals surface area contributed by atoms with Gasteiger partial charge in [0.25, 0.3) is 5.91 Å². The van der Waals surface area contributed by atoms with Crippen molar-refractivity contribution in [2.75, 3.05) is 6.54 Å². The quantitative estimate of drug-likeness (QED) is 0.748. The van der Waals surface area contributed by atoms with Gasteiger partial charge in [0, 0.05) is 34.2 Å². The number of aryl methyl sites for hydroxylation is 1. The van der Waals surface area contributed by atoms with E-state index in [2.05, 4.69) is 35.4 Å². The summed E-state index contributed by atoms with van der Waals surface area (Å²) in [6.45, 7) is 2.69. The first-order valence-corrected chi connectivity index (χ1v) is 7.62. The first-order chi connectivity index (χ1) is 10.6. The fourth-order valence-electron chi connectivity index (χ4n) is 2.58. The second-order valence-corrected chi connectivity index (χ2v) is 5.76. The molecule has 0 atom stereocenters. The smallest absolute Gasteiger partial charge is 0.251 e. The summed E-state index contributed by atoms with van der Waals surface area (Å²) >= 11 is 5.82. The van der Waals surface area contributed by atoms with Crippen LogP contribution in [-0.2, 0) is 6.42 Å². The highest BCUT2D eigenvalue weighted by Crippen LogP contribution is 2.21. The summed E-state index contributed by atoms with van der Waals surface area (Å²) in [7, 11) is 0. The van der Waals surface area contributed by atoms with Crippen LogP contribution in [0.4, 0.5) is 0 Å². The van der Waals surface area contributed by atoms with Gasteiger partial charge < -0.3 is 10.3 Å². The molecule has 2 aromatic carbocycles. The third-order valence-electron chi connectivity index (χ3n) is 3.80. The number of halogens is 1. The Balaban J connectivity index is 1.64. The van der Waals surface area contributed by atoms with E-state index in [1.807, 2.05) is 6.20 Å². The van der Waals surface area contributed by atoms with Gasteiger partial charge in [-0.1, -0.05) is 29.8 Å². The highest BCUT2D eigenvalue weighted by molar-refractivity contribution is 6.30. The molecule has 3 aromatic rings. The lowest BCUT2D eigenvalue weighted by atomic mass is 10.1. The average Bonchev–Trinajstić information content (AvgIpc) is 2.93. The zero-order chi connectivity index (χ0) is 15.5. The Bertz CT molecular complexity index is 806. The molecule has 0 aliphatic rings. The van der Waals surface area contributed by atoms with Gasteiger partial charge in [-0.3, -0.25) is 4.79 Å². The van der Waals surface area contributed by atoms with Crippen molar-refractivity contribution in [2.45, 2.75) is 13.3 Å². The van der Waals surface area contributed by atoms with Crippen LogP contribution in [0.2, 0.25) is 5.02 Å². The molecule has 0 saturated heterocycles. The fourth-order valence-corrected chi connectivity index (χ4v) is 2.71. The number of H-pyrrole nitrogens is 1. The van der Waals surface area contributed by atoms with Crippen molar-refractivity contribution in [1.29, 1.82) is 0 Å². The Hall–Kier alpha value is -2.26. The molecule has 0 aliphatic heterocycles. The summed E-state index contributed by atoms with van der Waals surface area (Å²) in [5.74, 6) is -0.0762. The second-order valence-electron chi connectivity index (χ2n) is 5.32. The number of amides is 1. The molecule has 1 heterocycles. The van der Waals surface area contributed by atoms with Gasteiger partial charge in [0.15, 0.2) is 0 Å². The lowest BCUT2D eigenvalue weighted by Gasteiger charge is -2.05. The van der Waals surface area contributed by atoms with Gasteiger partial charge in [-0.25, -0.2) is 0 Å². The van der Waals surface area contributed by atoms with E-state index >= 15 is 0 Å². The molecule has 0 spiro atoms. The van der Waals surface area contributed by atoms with E-state index in [4.69, 9.17) is 11.6 Å². The van der Waals surface area contributed by atoms with E-state index in [-0.39, 0.29) is 5.91 Å². The molecule has 1 amide bonds. The monoisotopic (exact) mass is 312 g/mol. The molecule has 22 heavy (non-hydrogen) atoms. The van der Waals surface area contributed by atoms with Crippen LogP contribution in [0.15, 0.2) is 48.7 Å². The number of para-hydroxylation sites is 1. The van der Waals surface area contributed by atoms with E-state index in [0.29, 0.717) is 17.1 Å². The second kappa shape index (κ2) is 6.24. The van der Waals surface area contributed by atoms with Crippen molar-refractivity contribution in [3.8, 4) is 0 Å². The zero-order valence-corrected chi connectivity index (χ0v) is 13.1. The topological polar surface area (TPSA) is 44.9 Å². The molecule has 0 aliphatic carbocycles.